The highest BCUT2D eigenvalue weighted by Gasteiger charge is 2.64. The van der Waals surface area contributed by atoms with E-state index in [1.54, 1.807) is 0 Å². The van der Waals surface area contributed by atoms with Crippen LogP contribution in [0.5, 0.6) is 0 Å². The maximum Gasteiger partial charge on any atom is 0.372 e. The van der Waals surface area contributed by atoms with Crippen molar-refractivity contribution in [1.29, 1.82) is 0 Å². The van der Waals surface area contributed by atoms with Gasteiger partial charge in [-0.05, 0) is 18.8 Å². The van der Waals surface area contributed by atoms with Crippen LogP contribution >= 0.6 is 0 Å². The number of carbonyl (C=O) groups is 3. The lowest BCUT2D eigenvalue weighted by Crippen LogP contribution is -2.36. The lowest BCUT2D eigenvalue weighted by Gasteiger charge is -2.22. The summed E-state index contributed by atoms with van der Waals surface area (Å²) in [6.45, 7) is 0. The molecule has 1 aliphatic heterocycles. The van der Waals surface area contributed by atoms with E-state index in [0.29, 0.717) is 6.42 Å². The second-order valence-corrected chi connectivity index (χ2v) is 4.60. The summed E-state index contributed by atoms with van der Waals surface area (Å²) in [5.74, 6) is -2.97. The molecule has 0 spiro atoms. The normalized spacial score (nSPS) is 45.6. The fraction of sp³-hybridized carbons (Fsp3) is 0.700. The summed E-state index contributed by atoms with van der Waals surface area (Å²) in [5, 5.41) is 8.67. The van der Waals surface area contributed by atoms with Crippen LogP contribution in [0.25, 0.3) is 0 Å². The number of carboxylic acids is 1. The predicted octanol–water partition coefficient (Wildman–Crippen LogP) is -0.162. The zero-order chi connectivity index (χ0) is 10.7. The molecule has 0 aromatic rings. The van der Waals surface area contributed by atoms with Crippen molar-refractivity contribution < 1.29 is 24.2 Å². The van der Waals surface area contributed by atoms with Crippen LogP contribution in [0.4, 0.5) is 0 Å². The molecule has 15 heavy (non-hydrogen) atoms. The minimum atomic E-state index is -1.41. The van der Waals surface area contributed by atoms with Crippen molar-refractivity contribution in [2.45, 2.75) is 18.9 Å². The molecule has 5 unspecified atom stereocenters. The molecular formula is C10H10O5. The fourth-order valence-corrected chi connectivity index (χ4v) is 3.46. The summed E-state index contributed by atoms with van der Waals surface area (Å²) in [6, 6.07) is 0. The number of rotatable bonds is 2. The van der Waals surface area contributed by atoms with Crippen molar-refractivity contribution in [3.63, 3.8) is 0 Å². The van der Waals surface area contributed by atoms with Crippen LogP contribution in [0.15, 0.2) is 0 Å². The Hall–Kier alpha value is -1.39. The van der Waals surface area contributed by atoms with E-state index in [2.05, 4.69) is 0 Å². The number of hydrogen-bond donors (Lipinski definition) is 1. The first-order valence-electron chi connectivity index (χ1n) is 5.07. The maximum absolute atomic E-state index is 11.4. The summed E-state index contributed by atoms with van der Waals surface area (Å²) < 4.78 is 5.10. The van der Waals surface area contributed by atoms with E-state index < -0.39 is 23.8 Å². The van der Waals surface area contributed by atoms with Crippen LogP contribution in [0.2, 0.25) is 0 Å². The Labute approximate surface area is 85.4 Å². The van der Waals surface area contributed by atoms with Gasteiger partial charge in [0.05, 0.1) is 11.8 Å². The van der Waals surface area contributed by atoms with Gasteiger partial charge in [0.15, 0.2) is 0 Å². The van der Waals surface area contributed by atoms with Gasteiger partial charge in [0.2, 0.25) is 5.78 Å². The van der Waals surface area contributed by atoms with Crippen LogP contribution in [0, 0.1) is 23.7 Å². The first-order chi connectivity index (χ1) is 7.09. The van der Waals surface area contributed by atoms with E-state index in [1.165, 1.54) is 0 Å². The Morgan fingerprint density at radius 1 is 1.33 bits per heavy atom. The molecule has 0 aromatic carbocycles. The number of Topliss-reactive ketones (excluding diaryl/α,β-unsaturated/α-hetero) is 1. The number of carbonyl (C=O) groups excluding carboxylic acids is 2. The number of esters is 1. The molecule has 2 bridgehead atoms. The quantitative estimate of drug-likeness (QED) is 0.506. The molecule has 0 radical (unpaired) electrons. The van der Waals surface area contributed by atoms with Gasteiger partial charge in [0.25, 0.3) is 0 Å². The number of aliphatic carboxylic acids is 1. The van der Waals surface area contributed by atoms with Gasteiger partial charge in [-0.3, -0.25) is 9.59 Å². The van der Waals surface area contributed by atoms with E-state index in [4.69, 9.17) is 9.84 Å². The number of fused-ring (bicyclic) bond motifs is 1. The Balaban J connectivity index is 1.93. The molecule has 0 aromatic heterocycles. The molecule has 80 valence electrons. The van der Waals surface area contributed by atoms with Gasteiger partial charge in [-0.2, -0.15) is 0 Å². The monoisotopic (exact) mass is 210 g/mol. The molecule has 0 amide bonds. The largest absolute Gasteiger partial charge is 0.475 e. The molecule has 3 fully saturated rings. The number of hydrogen-bond acceptors (Lipinski definition) is 4. The Morgan fingerprint density at radius 3 is 2.73 bits per heavy atom. The third kappa shape index (κ3) is 0.952. The highest BCUT2D eigenvalue weighted by atomic mass is 16.6. The third-order valence-corrected chi connectivity index (χ3v) is 4.00. The van der Waals surface area contributed by atoms with E-state index in [1.807, 2.05) is 0 Å². The van der Waals surface area contributed by atoms with Crippen molar-refractivity contribution in [3.8, 4) is 0 Å². The number of ether oxygens (including phenoxy) is 1. The first-order valence-corrected chi connectivity index (χ1v) is 5.07. The van der Waals surface area contributed by atoms with E-state index in [-0.39, 0.29) is 23.7 Å². The highest BCUT2D eigenvalue weighted by Crippen LogP contribution is 2.57. The van der Waals surface area contributed by atoms with Gasteiger partial charge in [-0.15, -0.1) is 0 Å². The van der Waals surface area contributed by atoms with Gasteiger partial charge >= 0.3 is 11.9 Å². The lowest BCUT2D eigenvalue weighted by molar-refractivity contribution is -0.155. The smallest absolute Gasteiger partial charge is 0.372 e. The molecule has 1 saturated heterocycles. The fourth-order valence-electron chi connectivity index (χ4n) is 3.46. The van der Waals surface area contributed by atoms with Gasteiger partial charge < -0.3 is 9.84 Å². The van der Waals surface area contributed by atoms with Crippen molar-refractivity contribution in [3.05, 3.63) is 0 Å². The van der Waals surface area contributed by atoms with Gasteiger partial charge in [0, 0.05) is 5.92 Å². The van der Waals surface area contributed by atoms with E-state index in [9.17, 15) is 14.4 Å². The van der Waals surface area contributed by atoms with E-state index >= 15 is 0 Å². The number of carboxylic acid groups (broad SMARTS) is 1. The second-order valence-electron chi connectivity index (χ2n) is 4.60. The molecule has 1 heterocycles. The number of ketones is 1. The Kier molecular flexibility index (Phi) is 1.53. The van der Waals surface area contributed by atoms with Crippen LogP contribution < -0.4 is 0 Å². The van der Waals surface area contributed by atoms with Crippen LogP contribution in [-0.4, -0.2) is 28.9 Å². The van der Waals surface area contributed by atoms with Crippen LogP contribution in [0.3, 0.4) is 0 Å². The topological polar surface area (TPSA) is 80.7 Å². The Bertz CT molecular complexity index is 374. The Morgan fingerprint density at radius 2 is 2.07 bits per heavy atom. The first kappa shape index (κ1) is 8.88. The van der Waals surface area contributed by atoms with Crippen molar-refractivity contribution in [2.24, 2.45) is 23.7 Å². The average molecular weight is 210 g/mol. The molecule has 2 saturated carbocycles. The molecule has 3 rings (SSSR count). The average Bonchev–Trinajstić information content (AvgIpc) is 2.76. The summed E-state index contributed by atoms with van der Waals surface area (Å²) in [6.07, 6.45) is 0.943. The molecular weight excluding hydrogens is 200 g/mol. The SMILES string of the molecule is O=C(O)C(=O)C1C2CC3C(=O)OC1C3C2. The highest BCUT2D eigenvalue weighted by molar-refractivity contribution is 6.34. The predicted molar refractivity (Wildman–Crippen MR) is 45.7 cm³/mol. The second kappa shape index (κ2) is 2.59. The summed E-state index contributed by atoms with van der Waals surface area (Å²) in [5.41, 5.74) is 0. The summed E-state index contributed by atoms with van der Waals surface area (Å²) in [7, 11) is 0. The summed E-state index contributed by atoms with van der Waals surface area (Å²) in [4.78, 5) is 33.4. The van der Waals surface area contributed by atoms with E-state index in [0.717, 1.165) is 6.42 Å². The van der Waals surface area contributed by atoms with Gasteiger partial charge in [-0.1, -0.05) is 0 Å². The maximum atomic E-state index is 11.4. The van der Waals surface area contributed by atoms with Crippen molar-refractivity contribution >= 4 is 17.7 Å². The lowest BCUT2D eigenvalue weighted by atomic mass is 9.80. The minimum Gasteiger partial charge on any atom is -0.475 e. The molecule has 5 heteroatoms. The third-order valence-electron chi connectivity index (χ3n) is 4.00. The minimum absolute atomic E-state index is 0.0417. The van der Waals surface area contributed by atoms with Gasteiger partial charge in [-0.25, -0.2) is 4.79 Å². The molecule has 3 aliphatic rings. The molecule has 2 aliphatic carbocycles. The molecule has 5 atom stereocenters. The van der Waals surface area contributed by atoms with Crippen LogP contribution in [0.1, 0.15) is 12.8 Å². The zero-order valence-corrected chi connectivity index (χ0v) is 7.88. The summed E-state index contributed by atoms with van der Waals surface area (Å²) >= 11 is 0. The van der Waals surface area contributed by atoms with Crippen molar-refractivity contribution in [1.82, 2.24) is 0 Å². The zero-order valence-electron chi connectivity index (χ0n) is 7.88. The molecule has 1 N–H and O–H groups in total. The molecule has 5 nitrogen and oxygen atoms in total. The standard InChI is InChI=1S/C10H10O5/c11-7(9(12)13)6-3-1-4-5(2-3)10(14)15-8(4)6/h3-6,8H,1-2H2,(H,12,13). The van der Waals surface area contributed by atoms with Crippen LogP contribution in [-0.2, 0) is 19.1 Å². The van der Waals surface area contributed by atoms with Gasteiger partial charge in [0.1, 0.15) is 6.10 Å². The van der Waals surface area contributed by atoms with Crippen molar-refractivity contribution in [2.75, 3.05) is 0 Å².